The average Bonchev–Trinajstić information content (AvgIpc) is 3.09. The first kappa shape index (κ1) is 13.8. The van der Waals surface area contributed by atoms with Crippen molar-refractivity contribution in [3.8, 4) is 0 Å². The van der Waals surface area contributed by atoms with Gasteiger partial charge in [-0.2, -0.15) is 4.98 Å². The molecular weight excluding hydrogens is 274 g/mol. The predicted octanol–water partition coefficient (Wildman–Crippen LogP) is 0.457. The van der Waals surface area contributed by atoms with Crippen molar-refractivity contribution in [3.05, 3.63) is 11.7 Å². The maximum atomic E-state index is 12.5. The number of amides is 3. The minimum atomic E-state index is -0.166. The molecule has 3 rings (SSSR count). The van der Waals surface area contributed by atoms with Crippen LogP contribution in [0.15, 0.2) is 4.52 Å². The summed E-state index contributed by atoms with van der Waals surface area (Å²) < 4.78 is 5.00. The van der Waals surface area contributed by atoms with Gasteiger partial charge in [0.25, 0.3) is 0 Å². The molecule has 0 aromatic carbocycles. The van der Waals surface area contributed by atoms with Crippen LogP contribution in [0, 0.1) is 6.92 Å². The first-order chi connectivity index (χ1) is 10.1. The van der Waals surface area contributed by atoms with E-state index in [-0.39, 0.29) is 24.5 Å². The van der Waals surface area contributed by atoms with Crippen molar-refractivity contribution in [2.75, 3.05) is 26.2 Å². The molecule has 114 valence electrons. The minimum Gasteiger partial charge on any atom is -0.340 e. The summed E-state index contributed by atoms with van der Waals surface area (Å²) in [6.45, 7) is 3.82. The van der Waals surface area contributed by atoms with Gasteiger partial charge in [-0.1, -0.05) is 5.16 Å². The third-order valence-electron chi connectivity index (χ3n) is 3.91. The van der Waals surface area contributed by atoms with Crippen molar-refractivity contribution in [2.24, 2.45) is 0 Å². The van der Waals surface area contributed by atoms with E-state index in [2.05, 4.69) is 15.5 Å². The van der Waals surface area contributed by atoms with Gasteiger partial charge in [0.15, 0.2) is 5.82 Å². The number of carbonyl (C=O) groups is 2. The lowest BCUT2D eigenvalue weighted by atomic mass is 10.2. The molecule has 1 aromatic heterocycles. The summed E-state index contributed by atoms with van der Waals surface area (Å²) in [5, 5.41) is 6.67. The number of nitrogens with zero attached hydrogens (tertiary/aromatic N) is 4. The number of hydrogen-bond donors (Lipinski definition) is 1. The van der Waals surface area contributed by atoms with Crippen LogP contribution in [0.4, 0.5) is 4.79 Å². The minimum absolute atomic E-state index is 0.0583. The molecular formula is C13H19N5O3. The van der Waals surface area contributed by atoms with Gasteiger partial charge in [-0.05, 0) is 19.3 Å². The van der Waals surface area contributed by atoms with Crippen molar-refractivity contribution in [1.29, 1.82) is 0 Å². The molecule has 8 heteroatoms. The number of carbonyl (C=O) groups excluding carboxylic acids is 2. The lowest BCUT2D eigenvalue weighted by molar-refractivity contribution is -0.133. The van der Waals surface area contributed by atoms with Gasteiger partial charge in [0.2, 0.25) is 11.8 Å². The Morgan fingerprint density at radius 1 is 1.43 bits per heavy atom. The monoisotopic (exact) mass is 293 g/mol. The normalized spacial score (nSPS) is 22.5. The molecule has 0 spiro atoms. The van der Waals surface area contributed by atoms with Gasteiger partial charge in [-0.25, -0.2) is 4.79 Å². The Labute approximate surface area is 122 Å². The Kier molecular flexibility index (Phi) is 3.76. The zero-order valence-corrected chi connectivity index (χ0v) is 12.0. The van der Waals surface area contributed by atoms with Crippen LogP contribution in [0.25, 0.3) is 0 Å². The summed E-state index contributed by atoms with van der Waals surface area (Å²) in [6.07, 6.45) is 2.61. The van der Waals surface area contributed by atoms with E-state index in [0.717, 1.165) is 19.3 Å². The number of hydrogen-bond acceptors (Lipinski definition) is 5. The molecule has 3 amide bonds. The van der Waals surface area contributed by atoms with Crippen molar-refractivity contribution in [2.45, 2.75) is 32.2 Å². The molecule has 8 nitrogen and oxygen atoms in total. The van der Waals surface area contributed by atoms with Crippen LogP contribution in [0.1, 0.15) is 37.0 Å². The van der Waals surface area contributed by atoms with Gasteiger partial charge >= 0.3 is 6.03 Å². The molecule has 2 aliphatic heterocycles. The molecule has 21 heavy (non-hydrogen) atoms. The summed E-state index contributed by atoms with van der Waals surface area (Å²) >= 11 is 0. The maximum Gasteiger partial charge on any atom is 0.317 e. The van der Waals surface area contributed by atoms with Gasteiger partial charge in [0.05, 0.1) is 6.04 Å². The lowest BCUT2D eigenvalue weighted by Gasteiger charge is -2.30. The van der Waals surface area contributed by atoms with E-state index in [1.54, 1.807) is 16.7 Å². The van der Waals surface area contributed by atoms with E-state index in [1.165, 1.54) is 0 Å². The number of aryl methyl sites for hydroxylation is 1. The van der Waals surface area contributed by atoms with Gasteiger partial charge in [0, 0.05) is 26.6 Å². The van der Waals surface area contributed by atoms with Crippen LogP contribution < -0.4 is 5.32 Å². The second-order valence-corrected chi connectivity index (χ2v) is 5.42. The number of urea groups is 1. The van der Waals surface area contributed by atoms with Crippen LogP contribution in [0.5, 0.6) is 0 Å². The SMILES string of the molecule is Cc1nc(C2CCCN2C(=O)CN2CCCNC2=O)no1. The molecule has 1 aromatic rings. The second kappa shape index (κ2) is 5.71. The predicted molar refractivity (Wildman–Crippen MR) is 72.3 cm³/mol. The van der Waals surface area contributed by atoms with Crippen molar-refractivity contribution < 1.29 is 14.1 Å². The summed E-state index contributed by atoms with van der Waals surface area (Å²) in [7, 11) is 0. The maximum absolute atomic E-state index is 12.5. The molecule has 0 aliphatic carbocycles. The average molecular weight is 293 g/mol. The fourth-order valence-corrected chi connectivity index (χ4v) is 2.87. The van der Waals surface area contributed by atoms with Crippen molar-refractivity contribution in [1.82, 2.24) is 25.3 Å². The highest BCUT2D eigenvalue weighted by molar-refractivity contribution is 5.84. The van der Waals surface area contributed by atoms with Crippen LogP contribution in [0.3, 0.4) is 0 Å². The van der Waals surface area contributed by atoms with E-state index >= 15 is 0 Å². The lowest BCUT2D eigenvalue weighted by Crippen LogP contribution is -2.50. The fraction of sp³-hybridized carbons (Fsp3) is 0.692. The molecule has 2 saturated heterocycles. The molecule has 1 N–H and O–H groups in total. The summed E-state index contributed by atoms with van der Waals surface area (Å²) in [6, 6.07) is -0.302. The third kappa shape index (κ3) is 2.84. The number of nitrogens with one attached hydrogen (secondary N) is 1. The third-order valence-corrected chi connectivity index (χ3v) is 3.91. The molecule has 0 saturated carbocycles. The van der Waals surface area contributed by atoms with E-state index < -0.39 is 0 Å². The molecule has 2 fully saturated rings. The Balaban J connectivity index is 1.67. The van der Waals surface area contributed by atoms with E-state index in [9.17, 15) is 9.59 Å². The van der Waals surface area contributed by atoms with Crippen LogP contribution in [-0.4, -0.2) is 58.1 Å². The fourth-order valence-electron chi connectivity index (χ4n) is 2.87. The highest BCUT2D eigenvalue weighted by atomic mass is 16.5. The summed E-state index contributed by atoms with van der Waals surface area (Å²) in [5.74, 6) is 0.998. The van der Waals surface area contributed by atoms with E-state index in [4.69, 9.17) is 4.52 Å². The molecule has 1 unspecified atom stereocenters. The molecule has 0 radical (unpaired) electrons. The van der Waals surface area contributed by atoms with Crippen LogP contribution >= 0.6 is 0 Å². The zero-order valence-electron chi connectivity index (χ0n) is 12.0. The number of rotatable bonds is 3. The molecule has 3 heterocycles. The topological polar surface area (TPSA) is 91.6 Å². The summed E-state index contributed by atoms with van der Waals surface area (Å²) in [5.41, 5.74) is 0. The highest BCUT2D eigenvalue weighted by Gasteiger charge is 2.34. The Morgan fingerprint density at radius 3 is 3.00 bits per heavy atom. The van der Waals surface area contributed by atoms with Crippen LogP contribution in [-0.2, 0) is 4.79 Å². The first-order valence-corrected chi connectivity index (χ1v) is 7.27. The standard InChI is InChI=1S/C13H19N5O3/c1-9-15-12(16-21-9)10-4-2-7-18(10)11(19)8-17-6-3-5-14-13(17)20/h10H,2-8H2,1H3,(H,14,20). The highest BCUT2D eigenvalue weighted by Crippen LogP contribution is 2.30. The van der Waals surface area contributed by atoms with E-state index in [0.29, 0.717) is 31.3 Å². The van der Waals surface area contributed by atoms with E-state index in [1.807, 2.05) is 0 Å². The van der Waals surface area contributed by atoms with Crippen molar-refractivity contribution in [3.63, 3.8) is 0 Å². The molecule has 1 atom stereocenters. The smallest absolute Gasteiger partial charge is 0.317 e. The van der Waals surface area contributed by atoms with Gasteiger partial charge < -0.3 is 19.6 Å². The first-order valence-electron chi connectivity index (χ1n) is 7.27. The Bertz CT molecular complexity index is 544. The molecule has 0 bridgehead atoms. The van der Waals surface area contributed by atoms with Gasteiger partial charge in [0.1, 0.15) is 6.54 Å². The van der Waals surface area contributed by atoms with Crippen molar-refractivity contribution >= 4 is 11.9 Å². The largest absolute Gasteiger partial charge is 0.340 e. The summed E-state index contributed by atoms with van der Waals surface area (Å²) in [4.78, 5) is 31.7. The van der Waals surface area contributed by atoms with Gasteiger partial charge in [-0.3, -0.25) is 4.79 Å². The van der Waals surface area contributed by atoms with Crippen LogP contribution in [0.2, 0.25) is 0 Å². The number of aromatic nitrogens is 2. The zero-order chi connectivity index (χ0) is 14.8. The second-order valence-electron chi connectivity index (χ2n) is 5.42. The molecule has 2 aliphatic rings. The quantitative estimate of drug-likeness (QED) is 0.874. The number of likely N-dealkylation sites (tertiary alicyclic amines) is 1. The Hall–Kier alpha value is -2.12. The van der Waals surface area contributed by atoms with Gasteiger partial charge in [-0.15, -0.1) is 0 Å². The Morgan fingerprint density at radius 2 is 2.29 bits per heavy atom.